The van der Waals surface area contributed by atoms with E-state index in [1.165, 1.54) is 17.4 Å². The summed E-state index contributed by atoms with van der Waals surface area (Å²) in [7, 11) is 0. The lowest BCUT2D eigenvalue weighted by atomic mass is 10.2. The second kappa shape index (κ2) is 10.9. The summed E-state index contributed by atoms with van der Waals surface area (Å²) in [5.41, 5.74) is 2.32. The van der Waals surface area contributed by atoms with Crippen LogP contribution in [0.25, 0.3) is 10.4 Å². The maximum absolute atomic E-state index is 4.83. The molecule has 0 atom stereocenters. The molecule has 4 heterocycles. The van der Waals surface area contributed by atoms with Crippen molar-refractivity contribution in [3.8, 4) is 10.4 Å². The number of hydrogen-bond acceptors (Lipinski definition) is 10. The Morgan fingerprint density at radius 1 is 0.757 bits per heavy atom. The van der Waals surface area contributed by atoms with Gasteiger partial charge in [0.1, 0.15) is 0 Å². The number of nitrogens with zero attached hydrogens (tertiary/aromatic N) is 7. The van der Waals surface area contributed by atoms with Crippen molar-refractivity contribution >= 4 is 45.8 Å². The molecule has 37 heavy (non-hydrogen) atoms. The van der Waals surface area contributed by atoms with Gasteiger partial charge in [-0.1, -0.05) is 59.9 Å². The predicted octanol–water partition coefficient (Wildman–Crippen LogP) is 5.61. The number of nitrogens with one attached hydrogen (secondary N) is 1. The van der Waals surface area contributed by atoms with Crippen LogP contribution in [0.4, 0.5) is 22.7 Å². The van der Waals surface area contributed by atoms with Crippen LogP contribution < -0.4 is 15.1 Å². The molecule has 1 aliphatic heterocycles. The molecule has 184 valence electrons. The standard InChI is InChI=1S/C27H24N8S2/c1-3-7-20(8-4-1)23-19-29-26(37-23)31-24-30-25(33-27(32-24)36-22-9-5-2-6-10-22)35-17-15-34(16-18-35)21-11-13-28-14-12-21/h1-14,19H,15-18H2,(H,29,30,31,32,33). The molecule has 0 amide bonds. The van der Waals surface area contributed by atoms with Crippen LogP contribution in [0.3, 0.4) is 0 Å². The first-order valence-electron chi connectivity index (χ1n) is 12.0. The molecule has 0 spiro atoms. The largest absolute Gasteiger partial charge is 0.368 e. The Labute approximate surface area is 223 Å². The molecule has 6 rings (SSSR count). The van der Waals surface area contributed by atoms with Gasteiger partial charge in [-0.25, -0.2) is 4.98 Å². The fourth-order valence-electron chi connectivity index (χ4n) is 4.07. The second-order valence-corrected chi connectivity index (χ2v) is 10.4. The fourth-order valence-corrected chi connectivity index (χ4v) is 5.64. The van der Waals surface area contributed by atoms with E-state index in [1.807, 2.05) is 67.1 Å². The lowest BCUT2D eigenvalue weighted by Gasteiger charge is -2.36. The molecule has 0 aliphatic carbocycles. The van der Waals surface area contributed by atoms with Crippen LogP contribution in [-0.2, 0) is 0 Å². The molecule has 10 heteroatoms. The Morgan fingerprint density at radius 2 is 1.46 bits per heavy atom. The lowest BCUT2D eigenvalue weighted by Crippen LogP contribution is -2.47. The van der Waals surface area contributed by atoms with Crippen molar-refractivity contribution in [2.45, 2.75) is 10.1 Å². The molecule has 1 aliphatic rings. The summed E-state index contributed by atoms with van der Waals surface area (Å²) < 4.78 is 0. The highest BCUT2D eigenvalue weighted by Gasteiger charge is 2.21. The van der Waals surface area contributed by atoms with Crippen LogP contribution in [0.1, 0.15) is 0 Å². The highest BCUT2D eigenvalue weighted by Crippen LogP contribution is 2.31. The van der Waals surface area contributed by atoms with Gasteiger partial charge in [-0.3, -0.25) is 10.3 Å². The topological polar surface area (TPSA) is 83.0 Å². The SMILES string of the molecule is c1ccc(Sc2nc(Nc3ncc(-c4ccccc4)s3)nc(N3CCN(c4ccncc4)CC3)n2)cc1. The summed E-state index contributed by atoms with van der Waals surface area (Å²) in [4.78, 5) is 29.8. The maximum Gasteiger partial charge on any atom is 0.234 e. The van der Waals surface area contributed by atoms with Gasteiger partial charge in [-0.2, -0.15) is 15.0 Å². The van der Waals surface area contributed by atoms with Crippen molar-refractivity contribution in [1.82, 2.24) is 24.9 Å². The molecule has 0 radical (unpaired) electrons. The minimum Gasteiger partial charge on any atom is -0.368 e. The van der Waals surface area contributed by atoms with Gasteiger partial charge in [-0.05, 0) is 41.6 Å². The second-order valence-electron chi connectivity index (χ2n) is 8.36. The van der Waals surface area contributed by atoms with E-state index in [0.29, 0.717) is 17.1 Å². The summed E-state index contributed by atoms with van der Waals surface area (Å²) in [6.45, 7) is 3.40. The number of piperazine rings is 1. The quantitative estimate of drug-likeness (QED) is 0.292. The maximum atomic E-state index is 4.83. The van der Waals surface area contributed by atoms with Crippen LogP contribution >= 0.6 is 23.1 Å². The van der Waals surface area contributed by atoms with Gasteiger partial charge in [0.15, 0.2) is 10.3 Å². The highest BCUT2D eigenvalue weighted by atomic mass is 32.2. The molecule has 0 bridgehead atoms. The Balaban J connectivity index is 1.24. The Hall–Kier alpha value is -4.02. The lowest BCUT2D eigenvalue weighted by molar-refractivity contribution is 0.634. The summed E-state index contributed by atoms with van der Waals surface area (Å²) in [6, 6.07) is 24.5. The minimum atomic E-state index is 0.494. The first kappa shape index (κ1) is 23.4. The Morgan fingerprint density at radius 3 is 2.22 bits per heavy atom. The van der Waals surface area contributed by atoms with Crippen LogP contribution in [-0.4, -0.2) is 51.1 Å². The van der Waals surface area contributed by atoms with E-state index in [1.54, 1.807) is 11.3 Å². The van der Waals surface area contributed by atoms with Crippen molar-refractivity contribution in [1.29, 1.82) is 0 Å². The van der Waals surface area contributed by atoms with Gasteiger partial charge in [-0.15, -0.1) is 0 Å². The normalized spacial score (nSPS) is 13.5. The number of anilines is 4. The van der Waals surface area contributed by atoms with Gasteiger partial charge in [0.25, 0.3) is 0 Å². The van der Waals surface area contributed by atoms with Crippen molar-refractivity contribution in [3.05, 3.63) is 91.4 Å². The third-order valence-electron chi connectivity index (χ3n) is 5.93. The van der Waals surface area contributed by atoms with Crippen LogP contribution in [0, 0.1) is 0 Å². The highest BCUT2D eigenvalue weighted by molar-refractivity contribution is 7.99. The summed E-state index contributed by atoms with van der Waals surface area (Å²) in [5.74, 6) is 1.17. The zero-order valence-corrected chi connectivity index (χ0v) is 21.6. The Bertz CT molecular complexity index is 1440. The smallest absolute Gasteiger partial charge is 0.234 e. The van der Waals surface area contributed by atoms with Gasteiger partial charge >= 0.3 is 0 Å². The van der Waals surface area contributed by atoms with E-state index in [9.17, 15) is 0 Å². The summed E-state index contributed by atoms with van der Waals surface area (Å²) in [5, 5.41) is 4.72. The minimum absolute atomic E-state index is 0.494. The summed E-state index contributed by atoms with van der Waals surface area (Å²) in [6.07, 6.45) is 5.55. The first-order valence-corrected chi connectivity index (χ1v) is 13.6. The van der Waals surface area contributed by atoms with E-state index in [4.69, 9.17) is 15.0 Å². The van der Waals surface area contributed by atoms with Crippen molar-refractivity contribution in [3.63, 3.8) is 0 Å². The van der Waals surface area contributed by atoms with E-state index in [2.05, 4.69) is 49.4 Å². The third kappa shape index (κ3) is 5.71. The van der Waals surface area contributed by atoms with E-state index in [-0.39, 0.29) is 0 Å². The van der Waals surface area contributed by atoms with Gasteiger partial charge in [0, 0.05) is 55.4 Å². The molecule has 0 unspecified atom stereocenters. The molecule has 5 aromatic rings. The zero-order valence-electron chi connectivity index (χ0n) is 19.9. The van der Waals surface area contributed by atoms with Crippen LogP contribution in [0.5, 0.6) is 0 Å². The molecular weight excluding hydrogens is 500 g/mol. The van der Waals surface area contributed by atoms with Crippen molar-refractivity contribution < 1.29 is 0 Å². The monoisotopic (exact) mass is 524 g/mol. The number of aromatic nitrogens is 5. The number of pyridine rings is 1. The van der Waals surface area contributed by atoms with Gasteiger partial charge in [0.05, 0.1) is 4.88 Å². The average molecular weight is 525 g/mol. The molecule has 2 aromatic carbocycles. The van der Waals surface area contributed by atoms with Crippen molar-refractivity contribution in [2.24, 2.45) is 0 Å². The number of rotatable bonds is 7. The molecule has 8 nitrogen and oxygen atoms in total. The van der Waals surface area contributed by atoms with Gasteiger partial charge < -0.3 is 9.80 Å². The molecule has 1 N–H and O–H groups in total. The molecule has 3 aromatic heterocycles. The average Bonchev–Trinajstić information content (AvgIpc) is 3.43. The van der Waals surface area contributed by atoms with Gasteiger partial charge in [0.2, 0.25) is 11.9 Å². The first-order chi connectivity index (χ1) is 18.3. The molecular formula is C27H24N8S2. The third-order valence-corrected chi connectivity index (χ3v) is 7.76. The number of thiazole rings is 1. The number of benzene rings is 2. The fraction of sp³-hybridized carbons (Fsp3) is 0.148. The van der Waals surface area contributed by atoms with Crippen LogP contribution in [0.15, 0.2) is 101 Å². The molecule has 1 saturated heterocycles. The van der Waals surface area contributed by atoms with Crippen molar-refractivity contribution in [2.75, 3.05) is 41.3 Å². The van der Waals surface area contributed by atoms with E-state index < -0.39 is 0 Å². The molecule has 1 fully saturated rings. The summed E-state index contributed by atoms with van der Waals surface area (Å²) >= 11 is 3.10. The Kier molecular flexibility index (Phi) is 6.91. The van der Waals surface area contributed by atoms with E-state index in [0.717, 1.165) is 46.6 Å². The predicted molar refractivity (Wildman–Crippen MR) is 150 cm³/mol. The zero-order chi connectivity index (χ0) is 24.9. The van der Waals surface area contributed by atoms with Crippen LogP contribution in [0.2, 0.25) is 0 Å². The number of hydrogen-bond donors (Lipinski definition) is 1. The van der Waals surface area contributed by atoms with E-state index >= 15 is 0 Å². The molecule has 0 saturated carbocycles.